The zero-order valence-electron chi connectivity index (χ0n) is 72.3. The number of aromatic nitrogens is 2. The molecule has 12 rings (SSSR count). The number of hydrogen-bond acceptors (Lipinski definition) is 23. The van der Waals surface area contributed by atoms with E-state index in [2.05, 4.69) is 76.4 Å². The third-order valence-electron chi connectivity index (χ3n) is 20.8. The van der Waals surface area contributed by atoms with Crippen LogP contribution in [0.1, 0.15) is 145 Å². The van der Waals surface area contributed by atoms with Crippen molar-refractivity contribution in [1.29, 1.82) is 0 Å². The van der Waals surface area contributed by atoms with E-state index in [0.717, 1.165) is 46.2 Å². The molecule has 125 heavy (non-hydrogen) atoms. The lowest BCUT2D eigenvalue weighted by Crippen LogP contribution is -2.47. The molecule has 3 amide bonds. The molecule has 2 aromatic heterocycles. The van der Waals surface area contributed by atoms with Gasteiger partial charge in [0.15, 0.2) is 33.3 Å². The highest BCUT2D eigenvalue weighted by Gasteiger charge is 2.38. The Bertz CT molecular complexity index is 5160. The van der Waals surface area contributed by atoms with Crippen molar-refractivity contribution < 1.29 is 90.0 Å². The molecule has 4 heterocycles. The Hall–Kier alpha value is -11.4. The number of esters is 2. The van der Waals surface area contributed by atoms with Crippen LogP contribution in [0.5, 0.6) is 34.5 Å². The third kappa shape index (κ3) is 28.6. The van der Waals surface area contributed by atoms with Gasteiger partial charge in [0.1, 0.15) is 36.3 Å². The highest BCUT2D eigenvalue weighted by Crippen LogP contribution is 2.45. The van der Waals surface area contributed by atoms with E-state index >= 15 is 8.78 Å². The number of carboxylic acids is 1. The summed E-state index contributed by atoms with van der Waals surface area (Å²) < 4.78 is 88.1. The van der Waals surface area contributed by atoms with Crippen molar-refractivity contribution in [3.8, 4) is 56.8 Å². The molecule has 0 fully saturated rings. The minimum absolute atomic E-state index is 0.0479. The first-order valence-corrected chi connectivity index (χ1v) is 43.5. The van der Waals surface area contributed by atoms with Gasteiger partial charge in [0.2, 0.25) is 17.7 Å². The number of benzene rings is 8. The van der Waals surface area contributed by atoms with Gasteiger partial charge in [-0.3, -0.25) is 19.2 Å². The van der Waals surface area contributed by atoms with Gasteiger partial charge in [-0.05, 0) is 194 Å². The molecule has 2 aliphatic heterocycles. The van der Waals surface area contributed by atoms with Crippen molar-refractivity contribution >= 4 is 68.6 Å². The zero-order valence-corrected chi connectivity index (χ0v) is 73.9. The lowest BCUT2D eigenvalue weighted by atomic mass is 9.81. The number of amides is 3. The highest BCUT2D eigenvalue weighted by molar-refractivity contribution is 7.14. The summed E-state index contributed by atoms with van der Waals surface area (Å²) >= 11 is 2.70. The summed E-state index contributed by atoms with van der Waals surface area (Å²) in [7, 11) is 2.61. The summed E-state index contributed by atoms with van der Waals surface area (Å²) in [5.74, 6) is -0.516. The van der Waals surface area contributed by atoms with Crippen LogP contribution in [0, 0.1) is 23.5 Å². The van der Waals surface area contributed by atoms with Crippen LogP contribution in [-0.2, 0) is 84.4 Å². The lowest BCUT2D eigenvalue weighted by Gasteiger charge is -2.37. The Morgan fingerprint density at radius 1 is 0.496 bits per heavy atom. The van der Waals surface area contributed by atoms with Crippen LogP contribution >= 0.6 is 22.7 Å². The van der Waals surface area contributed by atoms with Crippen LogP contribution in [0.3, 0.4) is 0 Å². The molecule has 664 valence electrons. The van der Waals surface area contributed by atoms with Gasteiger partial charge in [0.05, 0.1) is 90.0 Å². The predicted molar refractivity (Wildman–Crippen MR) is 479 cm³/mol. The third-order valence-corrected chi connectivity index (χ3v) is 22.2. The van der Waals surface area contributed by atoms with Crippen LogP contribution in [0.2, 0.25) is 0 Å². The van der Waals surface area contributed by atoms with Crippen LogP contribution in [0.25, 0.3) is 22.3 Å². The Labute approximate surface area is 736 Å². The van der Waals surface area contributed by atoms with Gasteiger partial charge in [0, 0.05) is 96.5 Å². The largest absolute Gasteiger partial charge is 0.487 e. The van der Waals surface area contributed by atoms with Crippen molar-refractivity contribution in [3.05, 3.63) is 248 Å². The average Bonchev–Trinajstić information content (AvgIpc) is 1.09. The molecule has 29 heteroatoms. The Balaban J connectivity index is 0.000000228. The van der Waals surface area contributed by atoms with Crippen LogP contribution in [-0.4, -0.2) is 157 Å². The topological polar surface area (TPSA) is 327 Å². The van der Waals surface area contributed by atoms with Crippen LogP contribution in [0.15, 0.2) is 181 Å². The number of nitrogens with two attached hydrogens (primary N) is 1. The van der Waals surface area contributed by atoms with Gasteiger partial charge < -0.3 is 84.8 Å². The van der Waals surface area contributed by atoms with Gasteiger partial charge in [0.25, 0.3) is 0 Å². The Morgan fingerprint density at radius 2 is 0.896 bits per heavy atom. The maximum atomic E-state index is 15.6. The number of carboxylic acid groups (broad SMARTS) is 1. The van der Waals surface area contributed by atoms with Gasteiger partial charge in [-0.15, -0.1) is 22.7 Å². The molecule has 0 saturated carbocycles. The van der Waals surface area contributed by atoms with Crippen molar-refractivity contribution in [2.45, 2.75) is 117 Å². The maximum Gasteiger partial charge on any atom is 0.337 e. The van der Waals surface area contributed by atoms with Crippen LogP contribution < -0.4 is 51.3 Å². The lowest BCUT2D eigenvalue weighted by molar-refractivity contribution is -0.138. The zero-order chi connectivity index (χ0) is 89.4. The Morgan fingerprint density at radius 3 is 1.27 bits per heavy atom. The molecule has 2 aliphatic rings. The number of rotatable bonds is 41. The quantitative estimate of drug-likeness (QED) is 0.0138. The summed E-state index contributed by atoms with van der Waals surface area (Å²) in [6.07, 6.45) is 7.01. The highest BCUT2D eigenvalue weighted by atomic mass is 32.1. The van der Waals surface area contributed by atoms with Crippen molar-refractivity contribution in [2.75, 3.05) is 117 Å². The Kier molecular flexibility index (Phi) is 36.5. The fourth-order valence-electron chi connectivity index (χ4n) is 14.3. The first-order chi connectivity index (χ1) is 60.2. The summed E-state index contributed by atoms with van der Waals surface area (Å²) in [5, 5.41) is 29.2. The molecule has 10 aromatic rings. The number of halogens is 2. The number of ether oxygens (including phenoxy) is 10. The number of hydrogen-bond donors (Lipinski definition) is 7. The van der Waals surface area contributed by atoms with E-state index in [-0.39, 0.29) is 67.8 Å². The summed E-state index contributed by atoms with van der Waals surface area (Å²) in [4.78, 5) is 81.7. The fraction of sp³-hybridized carbons (Fsp3) is 0.375. The molecule has 0 aliphatic carbocycles. The van der Waals surface area contributed by atoms with Crippen molar-refractivity contribution in [2.24, 2.45) is 17.6 Å². The van der Waals surface area contributed by atoms with E-state index in [1.165, 1.54) is 60.2 Å². The smallest absolute Gasteiger partial charge is 0.337 e. The second kappa shape index (κ2) is 47.6. The van der Waals surface area contributed by atoms with E-state index in [1.54, 1.807) is 103 Å². The number of aliphatic carboxylic acids is 1. The molecular weight excluding hydrogens is 1640 g/mol. The van der Waals surface area contributed by atoms with Gasteiger partial charge in [-0.25, -0.2) is 28.3 Å². The average molecular weight is 1750 g/mol. The molecule has 0 spiro atoms. The number of carbonyl (C=O) groups excluding carboxylic acids is 5. The minimum atomic E-state index is -0.772. The predicted octanol–water partition coefficient (Wildman–Crippen LogP) is 16.8. The molecule has 8 N–H and O–H groups in total. The first-order valence-electron chi connectivity index (χ1n) is 41.7. The number of anilines is 2. The standard InChI is InChI=1S/C48H55FN4O8S.C35H39FN4O7S.C13H18O2/c1-31(2)26-33-6-8-34(9-7-33)32(3)45(55)50-18-20-58-21-22-59-23-24-60-42-27-37-16-17-52-48(4,30-44(54)53-47-51-19-25-62-47)40(37)29-43(42)61-38-14-15-39(41(49)28-38)35-10-12-36(13-11-35)46(56)57-5;1-35(22-32(41)40-34-38-12-18-48-34)28-21-31(30(19-25(28)9-11-39-35)46-17-16-45-15-14-44-13-10-37)47-26-7-8-27(29(36)20-26)23-3-5-24(6-4-23)33(42)43-2;1-9(2)8-11-4-6-12(7-5-11)10(3)13(14)15/h6-15,19,25,27-29,31-32,52H,16-18,20-24,26,30H2,1-5H3,(H,50,55)(H,51,53,54);3-8,12,18-21,39H,9-11,13-17,22,37H2,1-2H3,(H,38,40,41);4-7,9-10H,8H2,1-3H3,(H,14,15)/t32-,48+;35-;10-/m010/s1. The number of nitrogens with one attached hydrogen (secondary N) is 5. The van der Waals surface area contributed by atoms with E-state index in [4.69, 9.17) is 58.2 Å². The van der Waals surface area contributed by atoms with Gasteiger partial charge in [-0.2, -0.15) is 0 Å². The SMILES string of the molecule is CC(C)Cc1ccc([C@H](C)C(=O)O)cc1.COC(=O)c1ccc(-c2ccc(Oc3cc4c(cc3OCCOCCOCCN)CCN[C@]4(C)CC(=O)Nc3nccs3)cc2F)cc1.COC(=O)c1ccc(-c2ccc(Oc3cc4c(cc3OCCOCCOCCNC(=O)[C@@H](C)c3ccc(CC(C)C)cc3)CCN[C@]4(C)CC(=O)Nc3nccs3)cc2F)cc1. The summed E-state index contributed by atoms with van der Waals surface area (Å²) in [6, 6.07) is 45.8. The molecule has 0 radical (unpaired) electrons. The number of carbonyl (C=O) groups is 6. The number of thiazole rings is 2. The monoisotopic (exact) mass is 1750 g/mol. The second-order valence-corrected chi connectivity index (χ2v) is 33.2. The molecule has 0 unspecified atom stereocenters. The molecule has 25 nitrogen and oxygen atoms in total. The molecule has 4 atom stereocenters. The van der Waals surface area contributed by atoms with E-state index in [9.17, 15) is 28.8 Å². The first kappa shape index (κ1) is 95.8. The number of methoxy groups -OCH3 is 2. The van der Waals surface area contributed by atoms with E-state index in [1.807, 2.05) is 81.4 Å². The summed E-state index contributed by atoms with van der Waals surface area (Å²) in [6.45, 7) is 21.8. The van der Waals surface area contributed by atoms with Crippen molar-refractivity contribution in [3.63, 3.8) is 0 Å². The molecule has 0 saturated heterocycles. The maximum absolute atomic E-state index is 15.6. The van der Waals surface area contributed by atoms with Crippen molar-refractivity contribution in [1.82, 2.24) is 25.9 Å². The van der Waals surface area contributed by atoms with Gasteiger partial charge >= 0.3 is 17.9 Å². The number of fused-ring (bicyclic) bond motifs is 2. The van der Waals surface area contributed by atoms with Gasteiger partial charge in [-0.1, -0.05) is 100 Å². The molecule has 8 aromatic carbocycles. The molecule has 0 bridgehead atoms. The summed E-state index contributed by atoms with van der Waals surface area (Å²) in [5.41, 5.74) is 14.7. The van der Waals surface area contributed by atoms with Crippen LogP contribution in [0.4, 0.5) is 19.0 Å². The fourth-order valence-corrected chi connectivity index (χ4v) is 15.4. The minimum Gasteiger partial charge on any atom is -0.487 e. The second-order valence-electron chi connectivity index (χ2n) is 31.4. The van der Waals surface area contributed by atoms with E-state index < -0.39 is 46.5 Å². The number of nitrogens with zero attached hydrogens (tertiary/aromatic N) is 2. The normalized spacial score (nSPS) is 14.9. The van der Waals surface area contributed by atoms with E-state index in [0.29, 0.717) is 164 Å². The molecular formula is C96H112F2N8O17S2.